The molecule has 1 fully saturated rings. The van der Waals surface area contributed by atoms with Crippen molar-refractivity contribution in [2.24, 2.45) is 0 Å². The standard InChI is InChI=1S/C19H20N4O3S/c24-23(25)16-10-5-4-7-14(16)13-27-19-21-20-18(17-11-6-12-26-17)22(19)15-8-2-1-3-9-15/h4-7,10-12,15H,1-3,8-9,13H2. The highest BCUT2D eigenvalue weighted by Crippen LogP contribution is 2.37. The first-order chi connectivity index (χ1) is 13.2. The molecular formula is C19H20N4O3S. The van der Waals surface area contributed by atoms with Crippen LogP contribution in [0.1, 0.15) is 43.7 Å². The van der Waals surface area contributed by atoms with E-state index in [2.05, 4.69) is 14.8 Å². The highest BCUT2D eigenvalue weighted by molar-refractivity contribution is 7.98. The fraction of sp³-hybridized carbons (Fsp3) is 0.368. The van der Waals surface area contributed by atoms with Crippen LogP contribution in [0.3, 0.4) is 0 Å². The second kappa shape index (κ2) is 7.96. The van der Waals surface area contributed by atoms with E-state index in [1.807, 2.05) is 18.2 Å². The van der Waals surface area contributed by atoms with Crippen LogP contribution in [0.25, 0.3) is 11.6 Å². The molecule has 3 aromatic rings. The van der Waals surface area contributed by atoms with Crippen LogP contribution in [0.2, 0.25) is 0 Å². The third-order valence-corrected chi connectivity index (χ3v) is 5.88. The van der Waals surface area contributed by atoms with Gasteiger partial charge in [0.2, 0.25) is 5.82 Å². The Balaban J connectivity index is 1.64. The molecule has 0 amide bonds. The first-order valence-corrected chi connectivity index (χ1v) is 10.1. The number of nitrogens with zero attached hydrogens (tertiary/aromatic N) is 4. The van der Waals surface area contributed by atoms with E-state index in [1.165, 1.54) is 37.1 Å². The third-order valence-electron chi connectivity index (χ3n) is 4.89. The Kier molecular flexibility index (Phi) is 5.24. The van der Waals surface area contributed by atoms with E-state index in [-0.39, 0.29) is 10.6 Å². The maximum Gasteiger partial charge on any atom is 0.273 e. The molecule has 27 heavy (non-hydrogen) atoms. The lowest BCUT2D eigenvalue weighted by Crippen LogP contribution is -2.15. The van der Waals surface area contributed by atoms with Crippen molar-refractivity contribution in [1.82, 2.24) is 14.8 Å². The lowest BCUT2D eigenvalue weighted by atomic mass is 9.95. The number of hydrogen-bond acceptors (Lipinski definition) is 6. The van der Waals surface area contributed by atoms with Crippen molar-refractivity contribution < 1.29 is 9.34 Å². The molecule has 0 bridgehead atoms. The molecule has 1 aromatic carbocycles. The summed E-state index contributed by atoms with van der Waals surface area (Å²) >= 11 is 1.49. The van der Waals surface area contributed by atoms with E-state index in [4.69, 9.17) is 4.42 Å². The topological polar surface area (TPSA) is 87.0 Å². The van der Waals surface area contributed by atoms with Gasteiger partial charge in [0, 0.05) is 23.4 Å². The fourth-order valence-corrected chi connectivity index (χ4v) is 4.57. The molecule has 0 radical (unpaired) electrons. The van der Waals surface area contributed by atoms with Crippen molar-refractivity contribution in [1.29, 1.82) is 0 Å². The van der Waals surface area contributed by atoms with Crippen LogP contribution in [0.4, 0.5) is 5.69 Å². The van der Waals surface area contributed by atoms with Gasteiger partial charge in [0.1, 0.15) is 0 Å². The molecule has 0 unspecified atom stereocenters. The molecular weight excluding hydrogens is 364 g/mol. The highest BCUT2D eigenvalue weighted by Gasteiger charge is 2.25. The Bertz CT molecular complexity index is 917. The van der Waals surface area contributed by atoms with Gasteiger partial charge >= 0.3 is 0 Å². The quantitative estimate of drug-likeness (QED) is 0.328. The molecule has 0 N–H and O–H groups in total. The molecule has 1 aliphatic carbocycles. The Morgan fingerprint density at radius 2 is 1.96 bits per heavy atom. The number of nitro groups is 1. The van der Waals surface area contributed by atoms with Crippen LogP contribution in [-0.2, 0) is 5.75 Å². The van der Waals surface area contributed by atoms with Crippen LogP contribution in [0.15, 0.2) is 52.2 Å². The predicted octanol–water partition coefficient (Wildman–Crippen LogP) is 5.24. The summed E-state index contributed by atoms with van der Waals surface area (Å²) in [6.45, 7) is 0. The summed E-state index contributed by atoms with van der Waals surface area (Å²) in [5.41, 5.74) is 0.824. The van der Waals surface area contributed by atoms with E-state index in [0.29, 0.717) is 23.1 Å². The fourth-order valence-electron chi connectivity index (χ4n) is 3.57. The molecule has 2 aromatic heterocycles. The van der Waals surface area contributed by atoms with Crippen LogP contribution in [0.5, 0.6) is 0 Å². The first kappa shape index (κ1) is 17.8. The number of nitro benzene ring substituents is 1. The molecule has 4 rings (SSSR count). The summed E-state index contributed by atoms with van der Waals surface area (Å²) in [4.78, 5) is 10.9. The van der Waals surface area contributed by atoms with E-state index in [1.54, 1.807) is 18.4 Å². The van der Waals surface area contributed by atoms with E-state index in [0.717, 1.165) is 23.8 Å². The number of aromatic nitrogens is 3. The SMILES string of the molecule is O=[N+]([O-])c1ccccc1CSc1nnc(-c2ccco2)n1C1CCCCC1. The minimum absolute atomic E-state index is 0.139. The molecule has 1 aliphatic rings. The van der Waals surface area contributed by atoms with Crippen molar-refractivity contribution >= 4 is 17.4 Å². The van der Waals surface area contributed by atoms with Crippen LogP contribution in [0, 0.1) is 10.1 Å². The summed E-state index contributed by atoms with van der Waals surface area (Å²) in [7, 11) is 0. The molecule has 2 heterocycles. The second-order valence-electron chi connectivity index (χ2n) is 6.62. The number of para-hydroxylation sites is 1. The maximum atomic E-state index is 11.3. The monoisotopic (exact) mass is 384 g/mol. The van der Waals surface area contributed by atoms with Gasteiger partial charge in [0.15, 0.2) is 10.9 Å². The Hall–Kier alpha value is -2.61. The average Bonchev–Trinajstić information content (AvgIpc) is 3.36. The Labute approximate surface area is 160 Å². The zero-order valence-electron chi connectivity index (χ0n) is 14.8. The van der Waals surface area contributed by atoms with Gasteiger partial charge in [0.05, 0.1) is 11.2 Å². The molecule has 0 spiro atoms. The lowest BCUT2D eigenvalue weighted by Gasteiger charge is -2.25. The molecule has 8 heteroatoms. The summed E-state index contributed by atoms with van der Waals surface area (Å²) in [6, 6.07) is 10.9. The summed E-state index contributed by atoms with van der Waals surface area (Å²) in [5.74, 6) is 1.91. The highest BCUT2D eigenvalue weighted by atomic mass is 32.2. The molecule has 1 saturated carbocycles. The minimum Gasteiger partial charge on any atom is -0.461 e. The molecule has 140 valence electrons. The normalized spacial score (nSPS) is 15.1. The molecule has 0 saturated heterocycles. The lowest BCUT2D eigenvalue weighted by molar-refractivity contribution is -0.385. The van der Waals surface area contributed by atoms with Crippen molar-refractivity contribution in [3.05, 3.63) is 58.3 Å². The van der Waals surface area contributed by atoms with Crippen molar-refractivity contribution in [3.63, 3.8) is 0 Å². The number of thioether (sulfide) groups is 1. The van der Waals surface area contributed by atoms with E-state index < -0.39 is 0 Å². The number of hydrogen-bond donors (Lipinski definition) is 0. The van der Waals surface area contributed by atoms with Crippen LogP contribution >= 0.6 is 11.8 Å². The number of rotatable bonds is 6. The summed E-state index contributed by atoms with van der Waals surface area (Å²) < 4.78 is 7.72. The van der Waals surface area contributed by atoms with Gasteiger partial charge in [-0.15, -0.1) is 10.2 Å². The van der Waals surface area contributed by atoms with Gasteiger partial charge < -0.3 is 4.42 Å². The number of furan rings is 1. The number of benzene rings is 1. The van der Waals surface area contributed by atoms with E-state index >= 15 is 0 Å². The summed E-state index contributed by atoms with van der Waals surface area (Å²) in [6.07, 6.45) is 7.45. The van der Waals surface area contributed by atoms with Crippen molar-refractivity contribution in [2.75, 3.05) is 0 Å². The molecule has 7 nitrogen and oxygen atoms in total. The minimum atomic E-state index is -0.337. The van der Waals surface area contributed by atoms with Crippen molar-refractivity contribution in [2.45, 2.75) is 49.1 Å². The largest absolute Gasteiger partial charge is 0.461 e. The zero-order chi connectivity index (χ0) is 18.6. The average molecular weight is 384 g/mol. The second-order valence-corrected chi connectivity index (χ2v) is 7.56. The van der Waals surface area contributed by atoms with Crippen molar-refractivity contribution in [3.8, 4) is 11.6 Å². The van der Waals surface area contributed by atoms with E-state index in [9.17, 15) is 10.1 Å². The van der Waals surface area contributed by atoms with Gasteiger partial charge in [-0.2, -0.15) is 0 Å². The Morgan fingerprint density at radius 3 is 2.70 bits per heavy atom. The zero-order valence-corrected chi connectivity index (χ0v) is 15.6. The first-order valence-electron chi connectivity index (χ1n) is 9.08. The van der Waals surface area contributed by atoms with Gasteiger partial charge in [-0.1, -0.05) is 49.2 Å². The van der Waals surface area contributed by atoms with Gasteiger partial charge in [0.25, 0.3) is 5.69 Å². The van der Waals surface area contributed by atoms with Crippen LogP contribution < -0.4 is 0 Å². The Morgan fingerprint density at radius 1 is 1.15 bits per heavy atom. The maximum absolute atomic E-state index is 11.3. The van der Waals surface area contributed by atoms with Gasteiger partial charge in [-0.25, -0.2) is 0 Å². The third kappa shape index (κ3) is 3.75. The van der Waals surface area contributed by atoms with Crippen LogP contribution in [-0.4, -0.2) is 19.7 Å². The smallest absolute Gasteiger partial charge is 0.273 e. The predicted molar refractivity (Wildman–Crippen MR) is 103 cm³/mol. The molecule has 0 atom stereocenters. The summed E-state index contributed by atoms with van der Waals surface area (Å²) in [5, 5.41) is 20.8. The van der Waals surface area contributed by atoms with Gasteiger partial charge in [-0.3, -0.25) is 14.7 Å². The van der Waals surface area contributed by atoms with Gasteiger partial charge in [-0.05, 0) is 25.0 Å². The molecule has 0 aliphatic heterocycles.